The van der Waals surface area contributed by atoms with Crippen LogP contribution in [0.4, 0.5) is 11.5 Å². The Labute approximate surface area is 184 Å². The van der Waals surface area contributed by atoms with Gasteiger partial charge in [0.25, 0.3) is 0 Å². The maximum Gasteiger partial charge on any atom is 0.224 e. The number of nitrogens with zero attached hydrogens (tertiary/aromatic N) is 4. The van der Waals surface area contributed by atoms with Gasteiger partial charge in [-0.3, -0.25) is 4.79 Å². The number of amides is 1. The summed E-state index contributed by atoms with van der Waals surface area (Å²) in [5.74, 6) is 1.89. The van der Waals surface area contributed by atoms with Crippen molar-refractivity contribution in [2.45, 2.75) is 19.4 Å². The van der Waals surface area contributed by atoms with E-state index >= 15 is 0 Å². The number of aromatic nitrogens is 4. The van der Waals surface area contributed by atoms with Crippen molar-refractivity contribution in [3.05, 3.63) is 77.1 Å². The first-order valence-corrected chi connectivity index (χ1v) is 10.1. The maximum absolute atomic E-state index is 12.3. The molecule has 31 heavy (non-hydrogen) atoms. The molecule has 0 aliphatic carbocycles. The Hall–Kier alpha value is -3.65. The van der Waals surface area contributed by atoms with Crippen LogP contribution in [0.3, 0.4) is 0 Å². The van der Waals surface area contributed by atoms with Gasteiger partial charge in [0, 0.05) is 30.1 Å². The number of ether oxygens (including phenoxy) is 1. The SMILES string of the molecule is COc1ccc(NC(=O)CCc2nnc3ccc(NCc4ccccc4Cl)nn23)cc1. The monoisotopic (exact) mass is 436 g/mol. The summed E-state index contributed by atoms with van der Waals surface area (Å²) in [4.78, 5) is 12.3. The van der Waals surface area contributed by atoms with E-state index in [4.69, 9.17) is 16.3 Å². The Morgan fingerprint density at radius 1 is 1.06 bits per heavy atom. The molecule has 0 unspecified atom stereocenters. The van der Waals surface area contributed by atoms with Crippen LogP contribution in [0.5, 0.6) is 5.75 Å². The number of methoxy groups -OCH3 is 1. The summed E-state index contributed by atoms with van der Waals surface area (Å²) in [5, 5.41) is 19.7. The predicted molar refractivity (Wildman–Crippen MR) is 120 cm³/mol. The molecule has 8 nitrogen and oxygen atoms in total. The minimum Gasteiger partial charge on any atom is -0.497 e. The summed E-state index contributed by atoms with van der Waals surface area (Å²) in [7, 11) is 1.60. The van der Waals surface area contributed by atoms with E-state index in [-0.39, 0.29) is 12.3 Å². The average molecular weight is 437 g/mol. The van der Waals surface area contributed by atoms with E-state index in [0.717, 1.165) is 11.3 Å². The van der Waals surface area contributed by atoms with Crippen molar-refractivity contribution in [2.24, 2.45) is 0 Å². The minimum atomic E-state index is -0.116. The highest BCUT2D eigenvalue weighted by Crippen LogP contribution is 2.17. The van der Waals surface area contributed by atoms with E-state index < -0.39 is 0 Å². The Morgan fingerprint density at radius 2 is 1.87 bits per heavy atom. The van der Waals surface area contributed by atoms with Crippen LogP contribution in [0.15, 0.2) is 60.7 Å². The largest absolute Gasteiger partial charge is 0.497 e. The molecule has 0 radical (unpaired) electrons. The molecule has 0 spiro atoms. The molecule has 4 rings (SSSR count). The van der Waals surface area contributed by atoms with Gasteiger partial charge in [0.15, 0.2) is 11.5 Å². The molecule has 0 aliphatic rings. The molecule has 0 aliphatic heterocycles. The third-order valence-corrected chi connectivity index (χ3v) is 5.06. The summed E-state index contributed by atoms with van der Waals surface area (Å²) < 4.78 is 6.77. The fourth-order valence-electron chi connectivity index (χ4n) is 3.03. The molecule has 0 bridgehead atoms. The fourth-order valence-corrected chi connectivity index (χ4v) is 3.24. The Morgan fingerprint density at radius 3 is 2.65 bits per heavy atom. The van der Waals surface area contributed by atoms with Crippen molar-refractivity contribution in [1.29, 1.82) is 0 Å². The molecule has 4 aromatic rings. The number of anilines is 2. The van der Waals surface area contributed by atoms with E-state index in [0.29, 0.717) is 41.0 Å². The molecular formula is C22H21ClN6O2. The zero-order valence-electron chi connectivity index (χ0n) is 16.9. The number of fused-ring (bicyclic) bond motifs is 1. The number of aryl methyl sites for hydroxylation is 1. The average Bonchev–Trinajstić information content (AvgIpc) is 3.20. The topological polar surface area (TPSA) is 93.4 Å². The lowest BCUT2D eigenvalue weighted by molar-refractivity contribution is -0.116. The maximum atomic E-state index is 12.3. The lowest BCUT2D eigenvalue weighted by Gasteiger charge is -2.08. The summed E-state index contributed by atoms with van der Waals surface area (Å²) in [6, 6.07) is 18.5. The van der Waals surface area contributed by atoms with Crippen LogP contribution in [0.25, 0.3) is 5.65 Å². The molecule has 0 atom stereocenters. The molecule has 2 aromatic heterocycles. The quantitative estimate of drug-likeness (QED) is 0.434. The molecule has 1 amide bonds. The lowest BCUT2D eigenvalue weighted by Crippen LogP contribution is -2.13. The Bertz CT molecular complexity index is 1190. The zero-order valence-corrected chi connectivity index (χ0v) is 17.6. The van der Waals surface area contributed by atoms with Gasteiger partial charge in [-0.1, -0.05) is 29.8 Å². The first-order chi connectivity index (χ1) is 15.1. The van der Waals surface area contributed by atoms with Crippen molar-refractivity contribution in [3.63, 3.8) is 0 Å². The summed E-state index contributed by atoms with van der Waals surface area (Å²) in [6.45, 7) is 0.542. The highest BCUT2D eigenvalue weighted by atomic mass is 35.5. The van der Waals surface area contributed by atoms with Gasteiger partial charge in [0.1, 0.15) is 11.6 Å². The molecule has 2 N–H and O–H groups in total. The standard InChI is InChI=1S/C22H21ClN6O2/c1-31-17-8-6-16(7-9-17)25-22(30)13-12-21-27-26-20-11-10-19(28-29(20)21)24-14-15-4-2-3-5-18(15)23/h2-11H,12-14H2,1H3,(H,24,28)(H,25,30). The van der Waals surface area contributed by atoms with E-state index in [2.05, 4.69) is 25.9 Å². The van der Waals surface area contributed by atoms with Crippen molar-refractivity contribution in [2.75, 3.05) is 17.7 Å². The lowest BCUT2D eigenvalue weighted by atomic mass is 10.2. The van der Waals surface area contributed by atoms with Crippen LogP contribution in [0, 0.1) is 0 Å². The van der Waals surface area contributed by atoms with Crippen LogP contribution >= 0.6 is 11.6 Å². The highest BCUT2D eigenvalue weighted by molar-refractivity contribution is 6.31. The van der Waals surface area contributed by atoms with Gasteiger partial charge in [-0.15, -0.1) is 15.3 Å². The van der Waals surface area contributed by atoms with Crippen LogP contribution in [0.2, 0.25) is 5.02 Å². The highest BCUT2D eigenvalue weighted by Gasteiger charge is 2.11. The number of carbonyl (C=O) groups excluding carboxylic acids is 1. The summed E-state index contributed by atoms with van der Waals surface area (Å²) >= 11 is 6.21. The molecule has 0 saturated heterocycles. The number of rotatable bonds is 8. The van der Waals surface area contributed by atoms with E-state index in [9.17, 15) is 4.79 Å². The minimum absolute atomic E-state index is 0.116. The molecule has 9 heteroatoms. The first-order valence-electron chi connectivity index (χ1n) is 9.75. The first kappa shape index (κ1) is 20.6. The van der Waals surface area contributed by atoms with Gasteiger partial charge < -0.3 is 15.4 Å². The van der Waals surface area contributed by atoms with Gasteiger partial charge in [-0.25, -0.2) is 0 Å². The number of benzene rings is 2. The molecule has 0 fully saturated rings. The van der Waals surface area contributed by atoms with Crippen LogP contribution in [-0.2, 0) is 17.8 Å². The fraction of sp³-hybridized carbons (Fsp3) is 0.182. The second kappa shape index (κ2) is 9.44. The van der Waals surface area contributed by atoms with Gasteiger partial charge >= 0.3 is 0 Å². The van der Waals surface area contributed by atoms with Gasteiger partial charge in [0.05, 0.1) is 7.11 Å². The summed E-state index contributed by atoms with van der Waals surface area (Å²) in [6.07, 6.45) is 0.663. The Balaban J connectivity index is 1.39. The number of hydrogen-bond donors (Lipinski definition) is 2. The third-order valence-electron chi connectivity index (χ3n) is 4.69. The molecule has 0 saturated carbocycles. The predicted octanol–water partition coefficient (Wildman–Crippen LogP) is 3.97. The second-order valence-electron chi connectivity index (χ2n) is 6.83. The number of nitrogens with one attached hydrogen (secondary N) is 2. The molecule has 158 valence electrons. The van der Waals surface area contributed by atoms with Crippen LogP contribution in [-0.4, -0.2) is 32.8 Å². The Kier molecular flexibility index (Phi) is 6.28. The molecule has 2 heterocycles. The van der Waals surface area contributed by atoms with Crippen molar-refractivity contribution < 1.29 is 9.53 Å². The van der Waals surface area contributed by atoms with E-state index in [1.54, 1.807) is 35.9 Å². The normalized spacial score (nSPS) is 10.8. The van der Waals surface area contributed by atoms with Crippen LogP contribution < -0.4 is 15.4 Å². The third kappa shape index (κ3) is 5.10. The second-order valence-corrected chi connectivity index (χ2v) is 7.23. The number of hydrogen-bond acceptors (Lipinski definition) is 6. The zero-order chi connectivity index (χ0) is 21.6. The van der Waals surface area contributed by atoms with Crippen molar-refractivity contribution in [3.8, 4) is 5.75 Å². The summed E-state index contributed by atoms with van der Waals surface area (Å²) in [5.41, 5.74) is 2.31. The van der Waals surface area contributed by atoms with Gasteiger partial charge in [-0.05, 0) is 48.0 Å². The van der Waals surface area contributed by atoms with Crippen molar-refractivity contribution in [1.82, 2.24) is 19.8 Å². The number of carbonyl (C=O) groups is 1. The molecular weight excluding hydrogens is 416 g/mol. The van der Waals surface area contributed by atoms with E-state index in [1.807, 2.05) is 36.4 Å². The van der Waals surface area contributed by atoms with Crippen LogP contribution in [0.1, 0.15) is 17.8 Å². The molecule has 2 aromatic carbocycles. The van der Waals surface area contributed by atoms with Gasteiger partial charge in [0.2, 0.25) is 5.91 Å². The van der Waals surface area contributed by atoms with Gasteiger partial charge in [-0.2, -0.15) is 4.52 Å². The number of halogens is 1. The smallest absolute Gasteiger partial charge is 0.224 e. The van der Waals surface area contributed by atoms with E-state index in [1.165, 1.54) is 0 Å². The van der Waals surface area contributed by atoms with Crippen molar-refractivity contribution >= 4 is 34.7 Å².